The zero-order valence-electron chi connectivity index (χ0n) is 8.49. The van der Waals surface area contributed by atoms with Crippen LogP contribution in [-0.4, -0.2) is 35.6 Å². The van der Waals surface area contributed by atoms with Crippen molar-refractivity contribution in [1.82, 2.24) is 4.90 Å². The van der Waals surface area contributed by atoms with Crippen LogP contribution in [0.2, 0.25) is 0 Å². The number of halogens is 2. The van der Waals surface area contributed by atoms with Crippen LogP contribution in [0.3, 0.4) is 0 Å². The topological polar surface area (TPSA) is 40.5 Å². The lowest BCUT2D eigenvalue weighted by atomic mass is 10.00. The Hall–Kier alpha value is -0.390. The summed E-state index contributed by atoms with van der Waals surface area (Å²) in [5.41, 5.74) is 0.666. The predicted molar refractivity (Wildman–Crippen MR) is 68.3 cm³/mol. The third kappa shape index (κ3) is 2.31. The average molecular weight is 349 g/mol. The second-order valence-electron chi connectivity index (χ2n) is 3.88. The van der Waals surface area contributed by atoms with E-state index in [1.54, 1.807) is 11.0 Å². The third-order valence-electron chi connectivity index (χ3n) is 2.66. The fraction of sp³-hybridized carbons (Fsp3) is 0.364. The van der Waals surface area contributed by atoms with Gasteiger partial charge in [0.25, 0.3) is 5.91 Å². The number of rotatable bonds is 2. The minimum atomic E-state index is 0.0177. The van der Waals surface area contributed by atoms with E-state index in [0.717, 1.165) is 8.95 Å². The summed E-state index contributed by atoms with van der Waals surface area (Å²) >= 11 is 6.72. The highest BCUT2D eigenvalue weighted by molar-refractivity contribution is 9.11. The molecule has 1 aromatic carbocycles. The molecule has 16 heavy (non-hydrogen) atoms. The summed E-state index contributed by atoms with van der Waals surface area (Å²) in [6.45, 7) is 1.46. The zero-order chi connectivity index (χ0) is 11.7. The maximum atomic E-state index is 12.0. The largest absolute Gasteiger partial charge is 0.396 e. The van der Waals surface area contributed by atoms with Crippen LogP contribution in [0.25, 0.3) is 0 Å². The number of likely N-dealkylation sites (tertiary alicyclic amines) is 1. The fourth-order valence-corrected chi connectivity index (χ4v) is 2.90. The number of hydrogen-bond donors (Lipinski definition) is 1. The summed E-state index contributed by atoms with van der Waals surface area (Å²) in [5, 5.41) is 8.89. The molecule has 0 atom stereocenters. The van der Waals surface area contributed by atoms with Crippen molar-refractivity contribution in [2.24, 2.45) is 5.92 Å². The first-order valence-corrected chi connectivity index (χ1v) is 6.55. The van der Waals surface area contributed by atoms with Gasteiger partial charge in [-0.2, -0.15) is 0 Å². The van der Waals surface area contributed by atoms with Crippen LogP contribution in [0.4, 0.5) is 0 Å². The van der Waals surface area contributed by atoms with Gasteiger partial charge in [0.05, 0.1) is 5.56 Å². The second kappa shape index (κ2) is 4.85. The van der Waals surface area contributed by atoms with E-state index in [1.807, 2.05) is 12.1 Å². The smallest absolute Gasteiger partial charge is 0.255 e. The van der Waals surface area contributed by atoms with Gasteiger partial charge in [-0.3, -0.25) is 4.79 Å². The van der Waals surface area contributed by atoms with Crippen molar-refractivity contribution in [3.05, 3.63) is 32.7 Å². The van der Waals surface area contributed by atoms with Gasteiger partial charge in [-0.25, -0.2) is 0 Å². The lowest BCUT2D eigenvalue weighted by molar-refractivity contribution is 0.0361. The van der Waals surface area contributed by atoms with Crippen LogP contribution in [0, 0.1) is 5.92 Å². The van der Waals surface area contributed by atoms with Gasteiger partial charge in [-0.05, 0) is 34.1 Å². The van der Waals surface area contributed by atoms with E-state index >= 15 is 0 Å². The Morgan fingerprint density at radius 3 is 2.69 bits per heavy atom. The van der Waals surface area contributed by atoms with Gasteiger partial charge in [0, 0.05) is 34.6 Å². The van der Waals surface area contributed by atoms with Crippen molar-refractivity contribution < 1.29 is 9.90 Å². The highest BCUT2D eigenvalue weighted by Gasteiger charge is 2.31. The molecule has 86 valence electrons. The van der Waals surface area contributed by atoms with E-state index < -0.39 is 0 Å². The second-order valence-corrected chi connectivity index (χ2v) is 5.65. The number of carbonyl (C=O) groups is 1. The average Bonchev–Trinajstić information content (AvgIpc) is 2.15. The van der Waals surface area contributed by atoms with Gasteiger partial charge in [-0.1, -0.05) is 15.9 Å². The first kappa shape index (κ1) is 12.1. The predicted octanol–water partition coefficient (Wildman–Crippen LogP) is 2.28. The van der Waals surface area contributed by atoms with Crippen LogP contribution in [-0.2, 0) is 0 Å². The van der Waals surface area contributed by atoms with Crippen molar-refractivity contribution in [2.75, 3.05) is 19.7 Å². The summed E-state index contributed by atoms with van der Waals surface area (Å²) < 4.78 is 1.73. The number of aliphatic hydroxyl groups excluding tert-OH is 1. The van der Waals surface area contributed by atoms with Crippen LogP contribution in [0.15, 0.2) is 27.1 Å². The summed E-state index contributed by atoms with van der Waals surface area (Å²) in [6, 6.07) is 5.50. The first-order valence-electron chi connectivity index (χ1n) is 4.97. The summed E-state index contributed by atoms with van der Waals surface area (Å²) in [5.74, 6) is 0.266. The van der Waals surface area contributed by atoms with Crippen LogP contribution >= 0.6 is 31.9 Å². The lowest BCUT2D eigenvalue weighted by Crippen LogP contribution is -2.51. The zero-order valence-corrected chi connectivity index (χ0v) is 11.7. The Kier molecular flexibility index (Phi) is 3.66. The fourth-order valence-electron chi connectivity index (χ4n) is 1.68. The Morgan fingerprint density at radius 2 is 2.12 bits per heavy atom. The molecule has 3 nitrogen and oxygen atoms in total. The number of hydrogen-bond acceptors (Lipinski definition) is 2. The SMILES string of the molecule is O=C(c1ccc(Br)cc1Br)N1CC(CO)C1. The molecule has 0 unspecified atom stereocenters. The molecule has 1 aliphatic heterocycles. The number of amides is 1. The van der Waals surface area contributed by atoms with E-state index in [-0.39, 0.29) is 18.4 Å². The third-order valence-corrected chi connectivity index (χ3v) is 3.81. The molecule has 1 amide bonds. The summed E-state index contributed by atoms with van der Waals surface area (Å²) in [4.78, 5) is 13.8. The van der Waals surface area contributed by atoms with E-state index in [4.69, 9.17) is 5.11 Å². The molecule has 1 heterocycles. The molecular weight excluding hydrogens is 338 g/mol. The molecule has 0 radical (unpaired) electrons. The van der Waals surface area contributed by atoms with E-state index in [2.05, 4.69) is 31.9 Å². The molecule has 1 N–H and O–H groups in total. The van der Waals surface area contributed by atoms with Gasteiger partial charge >= 0.3 is 0 Å². The standard InChI is InChI=1S/C11H11Br2NO2/c12-8-1-2-9(10(13)3-8)11(16)14-4-7(5-14)6-15/h1-3,7,15H,4-6H2. The van der Waals surface area contributed by atoms with Crippen molar-refractivity contribution in [3.8, 4) is 0 Å². The molecule has 2 rings (SSSR count). The Balaban J connectivity index is 2.10. The quantitative estimate of drug-likeness (QED) is 0.890. The number of aliphatic hydroxyl groups is 1. The molecule has 5 heteroatoms. The molecule has 0 aliphatic carbocycles. The van der Waals surface area contributed by atoms with Crippen LogP contribution in [0.5, 0.6) is 0 Å². The summed E-state index contributed by atoms with van der Waals surface area (Å²) in [6.07, 6.45) is 0. The van der Waals surface area contributed by atoms with Crippen LogP contribution < -0.4 is 0 Å². The highest BCUT2D eigenvalue weighted by Crippen LogP contribution is 2.25. The lowest BCUT2D eigenvalue weighted by Gasteiger charge is -2.38. The molecule has 1 aromatic rings. The van der Waals surface area contributed by atoms with Crippen molar-refractivity contribution in [1.29, 1.82) is 0 Å². The number of nitrogens with zero attached hydrogens (tertiary/aromatic N) is 1. The Bertz CT molecular complexity index is 416. The van der Waals surface area contributed by atoms with Crippen molar-refractivity contribution in [2.45, 2.75) is 0 Å². The molecule has 0 bridgehead atoms. The van der Waals surface area contributed by atoms with Gasteiger partial charge < -0.3 is 10.0 Å². The molecule has 1 saturated heterocycles. The minimum Gasteiger partial charge on any atom is -0.396 e. The first-order chi connectivity index (χ1) is 7.61. The maximum Gasteiger partial charge on any atom is 0.255 e. The monoisotopic (exact) mass is 347 g/mol. The highest BCUT2D eigenvalue weighted by atomic mass is 79.9. The number of carbonyl (C=O) groups excluding carboxylic acids is 1. The van der Waals surface area contributed by atoms with E-state index in [9.17, 15) is 4.79 Å². The molecular formula is C11H11Br2NO2. The van der Waals surface area contributed by atoms with Gasteiger partial charge in [0.15, 0.2) is 0 Å². The molecule has 0 saturated carbocycles. The molecule has 0 spiro atoms. The van der Waals surface area contributed by atoms with Crippen molar-refractivity contribution in [3.63, 3.8) is 0 Å². The molecule has 1 fully saturated rings. The summed E-state index contributed by atoms with van der Waals surface area (Å²) in [7, 11) is 0. The van der Waals surface area contributed by atoms with Gasteiger partial charge in [0.2, 0.25) is 0 Å². The van der Waals surface area contributed by atoms with E-state index in [1.165, 1.54) is 0 Å². The van der Waals surface area contributed by atoms with Crippen LogP contribution in [0.1, 0.15) is 10.4 Å². The normalized spacial score (nSPS) is 16.1. The Labute approximate surface area is 111 Å². The van der Waals surface area contributed by atoms with Crippen molar-refractivity contribution >= 4 is 37.8 Å². The molecule has 0 aromatic heterocycles. The molecule has 1 aliphatic rings. The van der Waals surface area contributed by atoms with E-state index in [0.29, 0.717) is 18.7 Å². The Morgan fingerprint density at radius 1 is 1.44 bits per heavy atom. The maximum absolute atomic E-state index is 12.0. The van der Waals surface area contributed by atoms with Gasteiger partial charge in [-0.15, -0.1) is 0 Å². The minimum absolute atomic E-state index is 0.0177. The number of benzene rings is 1. The van der Waals surface area contributed by atoms with Gasteiger partial charge in [0.1, 0.15) is 0 Å².